The van der Waals surface area contributed by atoms with Gasteiger partial charge in [-0.3, -0.25) is 10.1 Å². The molecule has 98 valence electrons. The van der Waals surface area contributed by atoms with Gasteiger partial charge in [-0.05, 0) is 40.4 Å². The van der Waals surface area contributed by atoms with E-state index < -0.39 is 14.9 Å². The van der Waals surface area contributed by atoms with Crippen molar-refractivity contribution in [1.29, 1.82) is 0 Å². The van der Waals surface area contributed by atoms with Crippen LogP contribution in [-0.2, 0) is 15.8 Å². The van der Waals surface area contributed by atoms with Crippen molar-refractivity contribution < 1.29 is 13.3 Å². The minimum Gasteiger partial charge on any atom is -0.258 e. The average molecular weight is 335 g/mol. The van der Waals surface area contributed by atoms with Crippen molar-refractivity contribution in [3.05, 3.63) is 38.3 Å². The summed E-state index contributed by atoms with van der Waals surface area (Å²) < 4.78 is 26.3. The summed E-state index contributed by atoms with van der Waals surface area (Å²) in [5, 5.41) is 10.7. The first kappa shape index (κ1) is 13.4. The van der Waals surface area contributed by atoms with Crippen molar-refractivity contribution >= 4 is 31.6 Å². The fourth-order valence-electron chi connectivity index (χ4n) is 1.50. The van der Waals surface area contributed by atoms with Crippen LogP contribution in [0.15, 0.2) is 22.7 Å². The minimum absolute atomic E-state index is 0.0421. The van der Waals surface area contributed by atoms with Gasteiger partial charge in [0.15, 0.2) is 0 Å². The molecule has 1 fully saturated rings. The van der Waals surface area contributed by atoms with E-state index in [2.05, 4.69) is 20.7 Å². The second-order valence-electron chi connectivity index (χ2n) is 4.19. The fourth-order valence-corrected chi connectivity index (χ4v) is 3.34. The predicted molar refractivity (Wildman–Crippen MR) is 69.6 cm³/mol. The second-order valence-corrected chi connectivity index (χ2v) is 6.80. The highest BCUT2D eigenvalue weighted by atomic mass is 79.9. The molecule has 18 heavy (non-hydrogen) atoms. The number of benzene rings is 1. The van der Waals surface area contributed by atoms with Crippen LogP contribution in [0.1, 0.15) is 18.4 Å². The molecule has 8 heteroatoms. The summed E-state index contributed by atoms with van der Waals surface area (Å²) in [4.78, 5) is 10.2. The Morgan fingerprint density at radius 3 is 2.67 bits per heavy atom. The van der Waals surface area contributed by atoms with E-state index in [9.17, 15) is 18.5 Å². The molecular formula is C10H11BrN2O4S. The highest BCUT2D eigenvalue weighted by Crippen LogP contribution is 2.27. The summed E-state index contributed by atoms with van der Waals surface area (Å²) in [6.45, 7) is 0. The molecule has 0 unspecified atom stereocenters. The Bertz CT molecular complexity index is 584. The smallest absolute Gasteiger partial charge is 0.258 e. The summed E-state index contributed by atoms with van der Waals surface area (Å²) in [7, 11) is -3.41. The summed E-state index contributed by atoms with van der Waals surface area (Å²) in [6.07, 6.45) is 1.72. The third-order valence-electron chi connectivity index (χ3n) is 2.49. The molecule has 0 saturated heterocycles. The lowest BCUT2D eigenvalue weighted by Gasteiger charge is -2.05. The summed E-state index contributed by atoms with van der Waals surface area (Å²) in [5.74, 6) is -0.238. The number of nitro benzene ring substituents is 1. The highest BCUT2D eigenvalue weighted by molar-refractivity contribution is 9.10. The molecule has 0 atom stereocenters. The van der Waals surface area contributed by atoms with E-state index in [0.29, 0.717) is 10.0 Å². The maximum Gasteiger partial charge on any atom is 0.283 e. The van der Waals surface area contributed by atoms with Crippen molar-refractivity contribution in [2.75, 3.05) is 0 Å². The predicted octanol–water partition coefficient (Wildman–Crippen LogP) is 1.94. The highest BCUT2D eigenvalue weighted by Gasteiger charge is 2.27. The zero-order chi connectivity index (χ0) is 13.3. The molecule has 0 heterocycles. The van der Waals surface area contributed by atoms with Crippen LogP contribution < -0.4 is 4.72 Å². The van der Waals surface area contributed by atoms with Gasteiger partial charge in [-0.15, -0.1) is 0 Å². The van der Waals surface area contributed by atoms with Crippen LogP contribution in [0.2, 0.25) is 0 Å². The molecule has 1 aliphatic carbocycles. The van der Waals surface area contributed by atoms with Crippen molar-refractivity contribution in [1.82, 2.24) is 4.72 Å². The van der Waals surface area contributed by atoms with E-state index in [1.165, 1.54) is 12.1 Å². The van der Waals surface area contributed by atoms with Gasteiger partial charge in [-0.25, -0.2) is 13.1 Å². The van der Waals surface area contributed by atoms with Gasteiger partial charge in [-0.2, -0.15) is 0 Å². The quantitative estimate of drug-likeness (QED) is 0.658. The van der Waals surface area contributed by atoms with E-state index in [0.717, 1.165) is 12.8 Å². The van der Waals surface area contributed by atoms with Gasteiger partial charge < -0.3 is 0 Å². The molecule has 1 aliphatic rings. The molecule has 0 aromatic heterocycles. The molecule has 1 saturated carbocycles. The van der Waals surface area contributed by atoms with Gasteiger partial charge in [0.1, 0.15) is 0 Å². The maximum atomic E-state index is 11.7. The molecule has 1 N–H and O–H groups in total. The van der Waals surface area contributed by atoms with Crippen molar-refractivity contribution in [3.8, 4) is 0 Å². The average Bonchev–Trinajstić information content (AvgIpc) is 3.03. The third-order valence-corrected chi connectivity index (χ3v) is 4.56. The first-order chi connectivity index (χ1) is 8.37. The monoisotopic (exact) mass is 334 g/mol. The van der Waals surface area contributed by atoms with Gasteiger partial charge in [0.2, 0.25) is 10.0 Å². The van der Waals surface area contributed by atoms with Crippen LogP contribution in [0, 0.1) is 10.1 Å². The first-order valence-corrected chi connectivity index (χ1v) is 7.75. The van der Waals surface area contributed by atoms with Crippen LogP contribution in [-0.4, -0.2) is 19.4 Å². The lowest BCUT2D eigenvalue weighted by molar-refractivity contribution is -0.385. The van der Waals surface area contributed by atoms with Gasteiger partial charge in [0.05, 0.1) is 15.1 Å². The Kier molecular flexibility index (Phi) is 3.69. The number of nitro groups is 1. The van der Waals surface area contributed by atoms with Crippen LogP contribution in [0.4, 0.5) is 5.69 Å². The Morgan fingerprint density at radius 2 is 2.11 bits per heavy atom. The third kappa shape index (κ3) is 3.50. The summed E-state index contributed by atoms with van der Waals surface area (Å²) >= 11 is 3.05. The Morgan fingerprint density at radius 1 is 1.44 bits per heavy atom. The largest absolute Gasteiger partial charge is 0.283 e. The number of sulfonamides is 1. The zero-order valence-corrected chi connectivity index (χ0v) is 11.7. The van der Waals surface area contributed by atoms with Crippen LogP contribution >= 0.6 is 15.9 Å². The van der Waals surface area contributed by atoms with Gasteiger partial charge in [-0.1, -0.05) is 6.07 Å². The minimum atomic E-state index is -3.41. The molecule has 1 aromatic rings. The van der Waals surface area contributed by atoms with Crippen LogP contribution in [0.25, 0.3) is 0 Å². The lowest BCUT2D eigenvalue weighted by Crippen LogP contribution is -2.27. The van der Waals surface area contributed by atoms with E-state index in [4.69, 9.17) is 0 Å². The standard InChI is InChI=1S/C10H11BrN2O4S/c11-9-4-1-7(5-10(9)13(14)15)6-18(16,17)12-8-2-3-8/h1,4-5,8,12H,2-3,6H2. The summed E-state index contributed by atoms with van der Waals surface area (Å²) in [5.41, 5.74) is 0.271. The van der Waals surface area contributed by atoms with Crippen LogP contribution in [0.3, 0.4) is 0 Å². The SMILES string of the molecule is O=[N+]([O-])c1cc(CS(=O)(=O)NC2CC2)ccc1Br. The number of hydrogen-bond acceptors (Lipinski definition) is 4. The second kappa shape index (κ2) is 4.94. The van der Waals surface area contributed by atoms with Crippen molar-refractivity contribution in [2.45, 2.75) is 24.6 Å². The molecule has 0 aliphatic heterocycles. The maximum absolute atomic E-state index is 11.7. The normalized spacial score (nSPS) is 15.6. The van der Waals surface area contributed by atoms with E-state index in [1.807, 2.05) is 0 Å². The lowest BCUT2D eigenvalue weighted by atomic mass is 10.2. The molecule has 6 nitrogen and oxygen atoms in total. The fraction of sp³-hybridized carbons (Fsp3) is 0.400. The van der Waals surface area contributed by atoms with Gasteiger partial charge in [0, 0.05) is 12.1 Å². The van der Waals surface area contributed by atoms with E-state index in [1.54, 1.807) is 6.07 Å². The van der Waals surface area contributed by atoms with Crippen molar-refractivity contribution in [3.63, 3.8) is 0 Å². The molecule has 1 aromatic carbocycles. The Hall–Kier alpha value is -0.990. The number of halogens is 1. The molecule has 0 bridgehead atoms. The number of rotatable bonds is 5. The van der Waals surface area contributed by atoms with Crippen molar-refractivity contribution in [2.24, 2.45) is 0 Å². The van der Waals surface area contributed by atoms with Gasteiger partial charge >= 0.3 is 0 Å². The van der Waals surface area contributed by atoms with E-state index >= 15 is 0 Å². The zero-order valence-electron chi connectivity index (χ0n) is 9.30. The van der Waals surface area contributed by atoms with Gasteiger partial charge in [0.25, 0.3) is 5.69 Å². The molecule has 0 radical (unpaired) electrons. The molecular weight excluding hydrogens is 324 g/mol. The van der Waals surface area contributed by atoms with Crippen LogP contribution in [0.5, 0.6) is 0 Å². The summed E-state index contributed by atoms with van der Waals surface area (Å²) in [6, 6.07) is 4.36. The molecule has 2 rings (SSSR count). The molecule has 0 amide bonds. The van der Waals surface area contributed by atoms with E-state index in [-0.39, 0.29) is 17.5 Å². The Labute approximate surface area is 113 Å². The number of hydrogen-bond donors (Lipinski definition) is 1. The first-order valence-electron chi connectivity index (χ1n) is 5.30. The number of nitrogens with one attached hydrogen (secondary N) is 1. The molecule has 0 spiro atoms. The topological polar surface area (TPSA) is 89.3 Å². The number of nitrogens with zero attached hydrogens (tertiary/aromatic N) is 1. The Balaban J connectivity index is 2.18.